The Hall–Kier alpha value is -2.76. The minimum absolute atomic E-state index is 0.0509. The molecule has 0 spiro atoms. The number of nitrogens with one attached hydrogen (secondary N) is 1. The molecule has 0 saturated heterocycles. The molecular weight excluding hydrogens is 274 g/mol. The van der Waals surface area contributed by atoms with Crippen LogP contribution < -0.4 is 5.43 Å². The Morgan fingerprint density at radius 3 is 2.62 bits per heavy atom. The van der Waals surface area contributed by atoms with Gasteiger partial charge in [-0.2, -0.15) is 0 Å². The van der Waals surface area contributed by atoms with Crippen LogP contribution in [0.15, 0.2) is 35.3 Å². The first-order chi connectivity index (χ1) is 10.0. The Morgan fingerprint density at radius 1 is 1.19 bits per heavy atom. The van der Waals surface area contributed by atoms with E-state index in [1.807, 2.05) is 0 Å². The zero-order valence-corrected chi connectivity index (χ0v) is 11.3. The second kappa shape index (κ2) is 6.13. The van der Waals surface area contributed by atoms with Crippen molar-refractivity contribution in [2.45, 2.75) is 13.3 Å². The van der Waals surface area contributed by atoms with Crippen LogP contribution in [0.5, 0.6) is 0 Å². The van der Waals surface area contributed by atoms with Crippen molar-refractivity contribution in [2.24, 2.45) is 0 Å². The van der Waals surface area contributed by atoms with Crippen LogP contribution in [0.3, 0.4) is 0 Å². The second-order valence-electron chi connectivity index (χ2n) is 4.32. The lowest BCUT2D eigenvalue weighted by atomic mass is 10.0. The molecule has 0 aliphatic rings. The molecule has 2 rings (SSSR count). The molecule has 0 fully saturated rings. The Balaban J connectivity index is 2.28. The lowest BCUT2D eigenvalue weighted by Gasteiger charge is -2.03. The third-order valence-corrected chi connectivity index (χ3v) is 2.91. The van der Waals surface area contributed by atoms with Crippen molar-refractivity contribution in [1.82, 2.24) is 4.98 Å². The van der Waals surface area contributed by atoms with Crippen molar-refractivity contribution in [3.63, 3.8) is 0 Å². The number of carbonyl (C=O) groups excluding carboxylic acids is 3. The number of Topliss-reactive ketones (excluding diaryl/α,β-unsaturated/α-hetero) is 2. The predicted octanol–water partition coefficient (Wildman–Crippen LogP) is 1.23. The molecule has 0 saturated carbocycles. The molecular formula is C15H13NO5. The largest absolute Gasteiger partial charge is 0.460 e. The van der Waals surface area contributed by atoms with E-state index in [-0.39, 0.29) is 12.2 Å². The molecule has 1 aromatic heterocycles. The highest BCUT2D eigenvalue weighted by Crippen LogP contribution is 2.08. The third kappa shape index (κ3) is 3.05. The number of H-pyrrole nitrogens is 1. The van der Waals surface area contributed by atoms with E-state index in [0.29, 0.717) is 10.9 Å². The van der Waals surface area contributed by atoms with Crippen molar-refractivity contribution in [1.29, 1.82) is 0 Å². The maximum Gasteiger partial charge on any atom is 0.375 e. The number of pyridine rings is 1. The molecule has 0 unspecified atom stereocenters. The van der Waals surface area contributed by atoms with Crippen molar-refractivity contribution in [3.05, 3.63) is 46.2 Å². The van der Waals surface area contributed by atoms with Crippen LogP contribution in [0.2, 0.25) is 0 Å². The Kier molecular flexibility index (Phi) is 4.27. The highest BCUT2D eigenvalue weighted by molar-refractivity contribution is 6.38. The van der Waals surface area contributed by atoms with E-state index < -0.39 is 29.4 Å². The quantitative estimate of drug-likeness (QED) is 0.386. The summed E-state index contributed by atoms with van der Waals surface area (Å²) in [6, 6.07) is 6.71. The van der Waals surface area contributed by atoms with Gasteiger partial charge in [0, 0.05) is 17.1 Å². The first kappa shape index (κ1) is 14.6. The monoisotopic (exact) mass is 287 g/mol. The predicted molar refractivity (Wildman–Crippen MR) is 75.2 cm³/mol. The number of hydrogen-bond donors (Lipinski definition) is 1. The summed E-state index contributed by atoms with van der Waals surface area (Å²) in [6.45, 7) is 1.61. The summed E-state index contributed by atoms with van der Waals surface area (Å²) in [5.41, 5.74) is -0.0203. The SMILES string of the molecule is CCOC(=O)C(=O)CC(=O)c1c[nH]c2ccccc2c1=O. The summed E-state index contributed by atoms with van der Waals surface area (Å²) in [7, 11) is 0. The van der Waals surface area contributed by atoms with Crippen molar-refractivity contribution >= 4 is 28.4 Å². The maximum atomic E-state index is 12.2. The van der Waals surface area contributed by atoms with Gasteiger partial charge in [-0.1, -0.05) is 12.1 Å². The maximum absolute atomic E-state index is 12.2. The Bertz CT molecular complexity index is 775. The topological polar surface area (TPSA) is 93.3 Å². The van der Waals surface area contributed by atoms with Crippen LogP contribution in [0.4, 0.5) is 0 Å². The number of benzene rings is 1. The number of ketones is 2. The number of esters is 1. The van der Waals surface area contributed by atoms with Crippen molar-refractivity contribution < 1.29 is 19.1 Å². The van der Waals surface area contributed by atoms with Crippen LogP contribution in [-0.4, -0.2) is 29.1 Å². The molecule has 0 bridgehead atoms. The lowest BCUT2D eigenvalue weighted by molar-refractivity contribution is -0.153. The van der Waals surface area contributed by atoms with Gasteiger partial charge in [-0.25, -0.2) is 4.79 Å². The normalized spacial score (nSPS) is 10.3. The van der Waals surface area contributed by atoms with Crippen LogP contribution >= 0.6 is 0 Å². The molecule has 6 nitrogen and oxygen atoms in total. The zero-order chi connectivity index (χ0) is 15.4. The van der Waals surface area contributed by atoms with E-state index >= 15 is 0 Å². The number of rotatable bonds is 5. The molecule has 1 heterocycles. The minimum atomic E-state index is -1.07. The van der Waals surface area contributed by atoms with E-state index in [1.165, 1.54) is 6.20 Å². The molecule has 2 aromatic rings. The van der Waals surface area contributed by atoms with Crippen molar-refractivity contribution in [3.8, 4) is 0 Å². The molecule has 0 aliphatic heterocycles. The van der Waals surface area contributed by atoms with Gasteiger partial charge < -0.3 is 9.72 Å². The van der Waals surface area contributed by atoms with Gasteiger partial charge in [-0.3, -0.25) is 14.4 Å². The van der Waals surface area contributed by atoms with Crippen LogP contribution in [0.25, 0.3) is 10.9 Å². The van der Waals surface area contributed by atoms with E-state index in [0.717, 1.165) is 0 Å². The average molecular weight is 287 g/mol. The van der Waals surface area contributed by atoms with E-state index in [2.05, 4.69) is 9.72 Å². The van der Waals surface area contributed by atoms with E-state index in [4.69, 9.17) is 0 Å². The van der Waals surface area contributed by atoms with Crippen LogP contribution in [0.1, 0.15) is 23.7 Å². The fourth-order valence-corrected chi connectivity index (χ4v) is 1.90. The van der Waals surface area contributed by atoms with Gasteiger partial charge in [0.05, 0.1) is 18.6 Å². The van der Waals surface area contributed by atoms with Crippen LogP contribution in [-0.2, 0) is 14.3 Å². The molecule has 108 valence electrons. The first-order valence-electron chi connectivity index (χ1n) is 6.38. The zero-order valence-electron chi connectivity index (χ0n) is 11.3. The van der Waals surface area contributed by atoms with Gasteiger partial charge in [0.15, 0.2) is 11.2 Å². The summed E-state index contributed by atoms with van der Waals surface area (Å²) in [4.78, 5) is 49.7. The first-order valence-corrected chi connectivity index (χ1v) is 6.38. The van der Waals surface area contributed by atoms with Gasteiger partial charge in [0.1, 0.15) is 0 Å². The number of para-hydroxylation sites is 1. The van der Waals surface area contributed by atoms with E-state index in [1.54, 1.807) is 31.2 Å². The number of aromatic nitrogens is 1. The summed E-state index contributed by atoms with van der Waals surface area (Å²) < 4.78 is 4.51. The molecule has 21 heavy (non-hydrogen) atoms. The third-order valence-electron chi connectivity index (χ3n) is 2.91. The molecule has 0 radical (unpaired) electrons. The highest BCUT2D eigenvalue weighted by Gasteiger charge is 2.22. The van der Waals surface area contributed by atoms with Crippen molar-refractivity contribution in [2.75, 3.05) is 6.61 Å². The number of aromatic amines is 1. The van der Waals surface area contributed by atoms with Gasteiger partial charge in [0.2, 0.25) is 5.78 Å². The summed E-state index contributed by atoms with van der Waals surface area (Å²) in [5.74, 6) is -2.74. The molecule has 1 N–H and O–H groups in total. The summed E-state index contributed by atoms with van der Waals surface area (Å²) in [5, 5.41) is 0.354. The smallest absolute Gasteiger partial charge is 0.375 e. The number of ether oxygens (including phenoxy) is 1. The fourth-order valence-electron chi connectivity index (χ4n) is 1.90. The van der Waals surface area contributed by atoms with Gasteiger partial charge in [-0.15, -0.1) is 0 Å². The molecule has 0 atom stereocenters. The van der Waals surface area contributed by atoms with Gasteiger partial charge in [-0.05, 0) is 19.1 Å². The lowest BCUT2D eigenvalue weighted by Crippen LogP contribution is -2.24. The fraction of sp³-hybridized carbons (Fsp3) is 0.200. The van der Waals surface area contributed by atoms with Gasteiger partial charge >= 0.3 is 5.97 Å². The molecule has 0 aliphatic carbocycles. The standard InChI is InChI=1S/C15H13NO5/c1-2-21-15(20)13(18)7-12(17)10-8-16-11-6-4-3-5-9(11)14(10)19/h3-6,8H,2,7H2,1H3,(H,16,19). The number of hydrogen-bond acceptors (Lipinski definition) is 5. The number of carbonyl (C=O) groups is 3. The van der Waals surface area contributed by atoms with Crippen LogP contribution in [0, 0.1) is 0 Å². The Labute approximate surface area is 119 Å². The second-order valence-corrected chi connectivity index (χ2v) is 4.32. The van der Waals surface area contributed by atoms with Gasteiger partial charge in [0.25, 0.3) is 0 Å². The summed E-state index contributed by atoms with van der Waals surface area (Å²) >= 11 is 0. The average Bonchev–Trinajstić information content (AvgIpc) is 2.48. The summed E-state index contributed by atoms with van der Waals surface area (Å²) in [6.07, 6.45) is 0.575. The molecule has 1 aromatic carbocycles. The van der Waals surface area contributed by atoms with E-state index in [9.17, 15) is 19.2 Å². The highest BCUT2D eigenvalue weighted by atomic mass is 16.5. The Morgan fingerprint density at radius 2 is 1.90 bits per heavy atom. The minimum Gasteiger partial charge on any atom is -0.460 e. The molecule has 6 heteroatoms. The molecule has 0 amide bonds. The number of fused-ring (bicyclic) bond motifs is 1.